The van der Waals surface area contributed by atoms with E-state index in [-0.39, 0.29) is 0 Å². The molecule has 0 atom stereocenters. The van der Waals surface area contributed by atoms with Crippen LogP contribution in [-0.4, -0.2) is 0 Å². The van der Waals surface area contributed by atoms with Crippen molar-refractivity contribution in [2.24, 2.45) is 0 Å². The number of hydrogen-bond acceptors (Lipinski definition) is 1. The van der Waals surface area contributed by atoms with Gasteiger partial charge >= 0.3 is 0 Å². The van der Waals surface area contributed by atoms with Crippen molar-refractivity contribution in [3.05, 3.63) is 242 Å². The molecule has 1 aliphatic rings. The number of hydrogen-bond donors (Lipinski definition) is 0. The molecule has 0 unspecified atom stereocenters. The van der Waals surface area contributed by atoms with Crippen molar-refractivity contribution in [3.63, 3.8) is 0 Å². The van der Waals surface area contributed by atoms with Crippen molar-refractivity contribution in [1.82, 2.24) is 0 Å². The Morgan fingerprint density at radius 1 is 0.328 bits per heavy atom. The fraction of sp³-hybridized carbons (Fsp3) is 0.0175. The Labute approximate surface area is 341 Å². The Morgan fingerprint density at radius 2 is 0.897 bits per heavy atom. The molecule has 1 aliphatic carbocycles. The molecule has 58 heavy (non-hydrogen) atoms. The van der Waals surface area contributed by atoms with Crippen LogP contribution < -0.4 is 4.90 Å². The predicted molar refractivity (Wildman–Crippen MR) is 248 cm³/mol. The van der Waals surface area contributed by atoms with Gasteiger partial charge in [0.25, 0.3) is 0 Å². The fourth-order valence-corrected chi connectivity index (χ4v) is 8.30. The van der Waals surface area contributed by atoms with E-state index in [0.717, 1.165) is 29.0 Å². The Hall–Kier alpha value is -7.48. The second-order valence-electron chi connectivity index (χ2n) is 14.9. The molecule has 1 nitrogen and oxygen atoms in total. The highest BCUT2D eigenvalue weighted by Gasteiger charge is 2.22. The third-order valence-corrected chi connectivity index (χ3v) is 11.3. The van der Waals surface area contributed by atoms with Gasteiger partial charge in [0.15, 0.2) is 0 Å². The molecule has 0 saturated heterocycles. The van der Waals surface area contributed by atoms with Gasteiger partial charge in [-0.2, -0.15) is 0 Å². The second-order valence-corrected chi connectivity index (χ2v) is 14.9. The molecular weight excluding hydrogens is 699 g/mol. The Balaban J connectivity index is 1.12. The standard InChI is InChI=1S/C57H41N/c1-4-15-41-27-29-50(38-46(41)21-9-1)49-24-14-23-48(37-49)43-31-34-53(35-32-43)58(56-26-13-12-25-54(56)44-17-5-2-6-18-44)57-40-52(33-36-55(57)45-19-7-3-8-20-45)51-30-28-42-16-10-11-22-47(42)39-51/h1-20,22-40H,21H2. The van der Waals surface area contributed by atoms with E-state index in [1.54, 1.807) is 0 Å². The zero-order chi connectivity index (χ0) is 38.7. The average Bonchev–Trinajstić information content (AvgIpc) is 3.55. The van der Waals surface area contributed by atoms with E-state index >= 15 is 0 Å². The number of nitrogens with zero attached hydrogens (tertiary/aromatic N) is 1. The third kappa shape index (κ3) is 6.95. The van der Waals surface area contributed by atoms with Crippen LogP contribution in [0.1, 0.15) is 11.1 Å². The molecule has 0 heterocycles. The molecule has 0 bridgehead atoms. The summed E-state index contributed by atoms with van der Waals surface area (Å²) >= 11 is 0. The minimum absolute atomic E-state index is 0.943. The lowest BCUT2D eigenvalue weighted by molar-refractivity contribution is 1.27. The van der Waals surface area contributed by atoms with E-state index in [9.17, 15) is 0 Å². The molecule has 9 aromatic rings. The molecule has 10 rings (SSSR count). The van der Waals surface area contributed by atoms with Crippen LogP contribution in [0.5, 0.6) is 0 Å². The van der Waals surface area contributed by atoms with Crippen molar-refractivity contribution in [3.8, 4) is 55.6 Å². The van der Waals surface area contributed by atoms with Gasteiger partial charge in [-0.1, -0.05) is 200 Å². The Bertz CT molecular complexity index is 2950. The van der Waals surface area contributed by atoms with Crippen LogP contribution >= 0.6 is 0 Å². The van der Waals surface area contributed by atoms with E-state index < -0.39 is 0 Å². The third-order valence-electron chi connectivity index (χ3n) is 11.3. The van der Waals surface area contributed by atoms with Crippen molar-refractivity contribution in [2.45, 2.75) is 6.42 Å². The summed E-state index contributed by atoms with van der Waals surface area (Å²) in [5.41, 5.74) is 17.8. The summed E-state index contributed by atoms with van der Waals surface area (Å²) in [6, 6.07) is 77.5. The van der Waals surface area contributed by atoms with Crippen molar-refractivity contribution in [2.75, 3.05) is 4.90 Å². The maximum absolute atomic E-state index is 2.45. The zero-order valence-corrected chi connectivity index (χ0v) is 32.2. The van der Waals surface area contributed by atoms with Gasteiger partial charge in [-0.25, -0.2) is 0 Å². The molecule has 0 saturated carbocycles. The van der Waals surface area contributed by atoms with Crippen LogP contribution in [0.3, 0.4) is 0 Å². The molecule has 0 aromatic heterocycles. The van der Waals surface area contributed by atoms with E-state index in [0.29, 0.717) is 0 Å². The first-order chi connectivity index (χ1) is 28.7. The fourth-order valence-electron chi connectivity index (χ4n) is 8.30. The van der Waals surface area contributed by atoms with E-state index in [1.165, 1.54) is 72.0 Å². The topological polar surface area (TPSA) is 3.24 Å². The minimum Gasteiger partial charge on any atom is -0.309 e. The highest BCUT2D eigenvalue weighted by molar-refractivity contribution is 5.96. The van der Waals surface area contributed by atoms with Crippen LogP contribution in [0.4, 0.5) is 17.1 Å². The zero-order valence-electron chi connectivity index (χ0n) is 32.2. The summed E-state index contributed by atoms with van der Waals surface area (Å²) in [6.07, 6.45) is 9.63. The second kappa shape index (κ2) is 15.6. The largest absolute Gasteiger partial charge is 0.309 e. The molecule has 0 amide bonds. The van der Waals surface area contributed by atoms with Gasteiger partial charge < -0.3 is 4.90 Å². The average molecular weight is 740 g/mol. The molecule has 0 fully saturated rings. The SMILES string of the molecule is C1=CCc2cc(-c3cccc(-c4ccc(N(c5ccccc5-c5ccccc5)c5cc(-c6ccc7ccccc7c6)ccc5-c5ccccc5)cc4)c3)ccc2C=C1. The molecule has 9 aromatic carbocycles. The van der Waals surface area contributed by atoms with Crippen LogP contribution in [0.25, 0.3) is 72.5 Å². The van der Waals surface area contributed by atoms with Crippen molar-refractivity contribution >= 4 is 33.9 Å². The summed E-state index contributed by atoms with van der Waals surface area (Å²) in [5.74, 6) is 0. The summed E-state index contributed by atoms with van der Waals surface area (Å²) in [5, 5.41) is 2.47. The lowest BCUT2D eigenvalue weighted by atomic mass is 9.94. The normalized spacial score (nSPS) is 11.9. The monoisotopic (exact) mass is 739 g/mol. The van der Waals surface area contributed by atoms with E-state index in [2.05, 4.69) is 242 Å². The number of allylic oxidation sites excluding steroid dienone is 3. The first-order valence-corrected chi connectivity index (χ1v) is 20.1. The predicted octanol–water partition coefficient (Wildman–Crippen LogP) is 15.8. The smallest absolute Gasteiger partial charge is 0.0546 e. The highest BCUT2D eigenvalue weighted by Crippen LogP contribution is 2.46. The first-order valence-electron chi connectivity index (χ1n) is 20.1. The lowest BCUT2D eigenvalue weighted by Crippen LogP contribution is -2.12. The minimum atomic E-state index is 0.943. The summed E-state index contributed by atoms with van der Waals surface area (Å²) in [6.45, 7) is 0. The maximum Gasteiger partial charge on any atom is 0.0546 e. The van der Waals surface area contributed by atoms with Crippen molar-refractivity contribution in [1.29, 1.82) is 0 Å². The molecule has 0 aliphatic heterocycles. The number of anilines is 3. The molecular formula is C57H41N. The molecule has 0 spiro atoms. The molecule has 1 heteroatoms. The maximum atomic E-state index is 2.45. The number of para-hydroxylation sites is 1. The quantitative estimate of drug-likeness (QED) is 0.150. The van der Waals surface area contributed by atoms with Gasteiger partial charge in [0.05, 0.1) is 11.4 Å². The van der Waals surface area contributed by atoms with Gasteiger partial charge in [0.2, 0.25) is 0 Å². The Kier molecular flexibility index (Phi) is 9.39. The number of benzene rings is 9. The lowest BCUT2D eigenvalue weighted by Gasteiger charge is -2.30. The number of fused-ring (bicyclic) bond motifs is 2. The van der Waals surface area contributed by atoms with Crippen LogP contribution in [-0.2, 0) is 6.42 Å². The Morgan fingerprint density at radius 3 is 1.69 bits per heavy atom. The summed E-state index contributed by atoms with van der Waals surface area (Å²) in [7, 11) is 0. The first kappa shape index (κ1) is 35.0. The summed E-state index contributed by atoms with van der Waals surface area (Å²) in [4.78, 5) is 2.45. The van der Waals surface area contributed by atoms with Gasteiger partial charge in [-0.05, 0) is 109 Å². The van der Waals surface area contributed by atoms with Gasteiger partial charge in [-0.3, -0.25) is 0 Å². The van der Waals surface area contributed by atoms with Gasteiger partial charge in [0.1, 0.15) is 0 Å². The molecule has 0 radical (unpaired) electrons. The van der Waals surface area contributed by atoms with Gasteiger partial charge in [-0.15, -0.1) is 0 Å². The highest BCUT2D eigenvalue weighted by atomic mass is 15.1. The van der Waals surface area contributed by atoms with Crippen molar-refractivity contribution < 1.29 is 0 Å². The van der Waals surface area contributed by atoms with E-state index in [1.807, 2.05) is 0 Å². The molecule has 0 N–H and O–H groups in total. The van der Waals surface area contributed by atoms with E-state index in [4.69, 9.17) is 0 Å². The van der Waals surface area contributed by atoms with Crippen LogP contribution in [0.15, 0.2) is 231 Å². The van der Waals surface area contributed by atoms with Gasteiger partial charge in [0, 0.05) is 16.8 Å². The van der Waals surface area contributed by atoms with Crippen LogP contribution in [0.2, 0.25) is 0 Å². The van der Waals surface area contributed by atoms with Crippen LogP contribution in [0, 0.1) is 0 Å². The number of rotatable bonds is 8. The summed E-state index contributed by atoms with van der Waals surface area (Å²) < 4.78 is 0. The molecule has 274 valence electrons.